The third kappa shape index (κ3) is 7.15. The van der Waals surface area contributed by atoms with Crippen molar-refractivity contribution < 1.29 is 28.2 Å². The maximum Gasteiger partial charge on any atom is 0.249 e. The van der Waals surface area contributed by atoms with Crippen molar-refractivity contribution in [3.8, 4) is 22.7 Å². The van der Waals surface area contributed by atoms with Gasteiger partial charge in [-0.2, -0.15) is 0 Å². The SMILES string of the molecule is COCC(=O)N(CCN1CCOCC1)CC(=O)Nc1nc(-c2ccc(OC)cc2)cn1-c1ccc(F)cc1. The Kier molecular flexibility index (Phi) is 9.41. The molecule has 1 saturated heterocycles. The fraction of sp³-hybridized carbons (Fsp3) is 0.370. The van der Waals surface area contributed by atoms with Gasteiger partial charge < -0.3 is 19.1 Å². The van der Waals surface area contributed by atoms with Crippen molar-refractivity contribution in [2.24, 2.45) is 0 Å². The van der Waals surface area contributed by atoms with Crippen LogP contribution in [0, 0.1) is 5.82 Å². The molecular weight excluding hydrogens is 493 g/mol. The average Bonchev–Trinajstić information content (AvgIpc) is 3.35. The molecule has 11 heteroatoms. The zero-order chi connectivity index (χ0) is 26.9. The van der Waals surface area contributed by atoms with E-state index in [4.69, 9.17) is 14.2 Å². The summed E-state index contributed by atoms with van der Waals surface area (Å²) in [5.74, 6) is -0.108. The summed E-state index contributed by atoms with van der Waals surface area (Å²) >= 11 is 0. The number of anilines is 1. The summed E-state index contributed by atoms with van der Waals surface area (Å²) in [7, 11) is 3.03. The Hall–Kier alpha value is -3.80. The molecule has 2 heterocycles. The fourth-order valence-corrected chi connectivity index (χ4v) is 4.10. The molecule has 1 aliphatic rings. The van der Waals surface area contributed by atoms with Gasteiger partial charge in [0.1, 0.15) is 24.7 Å². The number of methoxy groups -OCH3 is 2. The quantitative estimate of drug-likeness (QED) is 0.411. The molecule has 0 bridgehead atoms. The average molecular weight is 526 g/mol. The number of ether oxygens (including phenoxy) is 3. The van der Waals surface area contributed by atoms with Gasteiger partial charge >= 0.3 is 0 Å². The van der Waals surface area contributed by atoms with Crippen LogP contribution in [-0.4, -0.2) is 97.9 Å². The molecule has 3 aromatic rings. The Morgan fingerprint density at radius 1 is 1.08 bits per heavy atom. The second kappa shape index (κ2) is 13.1. The van der Waals surface area contributed by atoms with Crippen LogP contribution in [0.4, 0.5) is 10.3 Å². The van der Waals surface area contributed by atoms with E-state index >= 15 is 0 Å². The van der Waals surface area contributed by atoms with Crippen molar-refractivity contribution in [1.82, 2.24) is 19.4 Å². The molecule has 1 N–H and O–H groups in total. The minimum Gasteiger partial charge on any atom is -0.497 e. The van der Waals surface area contributed by atoms with Gasteiger partial charge in [0.2, 0.25) is 17.8 Å². The van der Waals surface area contributed by atoms with Gasteiger partial charge in [-0.3, -0.25) is 24.4 Å². The summed E-state index contributed by atoms with van der Waals surface area (Å²) in [6.45, 7) is 3.56. The lowest BCUT2D eigenvalue weighted by atomic mass is 10.1. The lowest BCUT2D eigenvalue weighted by Crippen LogP contribution is -2.46. The van der Waals surface area contributed by atoms with Gasteiger partial charge in [-0.1, -0.05) is 0 Å². The Bertz CT molecular complexity index is 1210. The second-order valence-corrected chi connectivity index (χ2v) is 8.78. The van der Waals surface area contributed by atoms with Crippen LogP contribution in [-0.2, 0) is 19.1 Å². The second-order valence-electron chi connectivity index (χ2n) is 8.78. The van der Waals surface area contributed by atoms with E-state index in [-0.39, 0.29) is 30.8 Å². The number of imidazole rings is 1. The van der Waals surface area contributed by atoms with Crippen LogP contribution >= 0.6 is 0 Å². The number of hydrogen-bond acceptors (Lipinski definition) is 7. The van der Waals surface area contributed by atoms with Crippen LogP contribution in [0.2, 0.25) is 0 Å². The van der Waals surface area contributed by atoms with Crippen LogP contribution in [0.1, 0.15) is 0 Å². The summed E-state index contributed by atoms with van der Waals surface area (Å²) in [5, 5.41) is 2.83. The molecule has 10 nitrogen and oxygen atoms in total. The van der Waals surface area contributed by atoms with Crippen molar-refractivity contribution in [3.05, 3.63) is 60.5 Å². The van der Waals surface area contributed by atoms with E-state index in [1.807, 2.05) is 24.3 Å². The Morgan fingerprint density at radius 2 is 1.79 bits per heavy atom. The number of carbonyl (C=O) groups excluding carboxylic acids is 2. The zero-order valence-corrected chi connectivity index (χ0v) is 21.6. The van der Waals surface area contributed by atoms with Crippen molar-refractivity contribution in [3.63, 3.8) is 0 Å². The first-order valence-corrected chi connectivity index (χ1v) is 12.3. The number of nitrogens with zero attached hydrogens (tertiary/aromatic N) is 4. The van der Waals surface area contributed by atoms with Gasteiger partial charge in [0.05, 0.1) is 26.0 Å². The van der Waals surface area contributed by atoms with E-state index in [1.165, 1.54) is 24.1 Å². The van der Waals surface area contributed by atoms with E-state index in [9.17, 15) is 14.0 Å². The van der Waals surface area contributed by atoms with Crippen molar-refractivity contribution >= 4 is 17.8 Å². The minimum absolute atomic E-state index is 0.123. The molecule has 1 fully saturated rings. The number of hydrogen-bond donors (Lipinski definition) is 1. The normalized spacial score (nSPS) is 13.8. The number of carbonyl (C=O) groups is 2. The molecular formula is C27H32FN5O5. The largest absolute Gasteiger partial charge is 0.497 e. The van der Waals surface area contributed by atoms with E-state index in [0.29, 0.717) is 43.4 Å². The molecule has 1 aliphatic heterocycles. The molecule has 2 aromatic carbocycles. The minimum atomic E-state index is -0.410. The highest BCUT2D eigenvalue weighted by Crippen LogP contribution is 2.26. The number of benzene rings is 2. The Morgan fingerprint density at radius 3 is 2.45 bits per heavy atom. The first-order chi connectivity index (χ1) is 18.5. The molecule has 2 amide bonds. The predicted octanol–water partition coefficient (Wildman–Crippen LogP) is 2.43. The molecule has 0 saturated carbocycles. The highest BCUT2D eigenvalue weighted by atomic mass is 19.1. The van der Waals surface area contributed by atoms with Gasteiger partial charge in [-0.25, -0.2) is 9.37 Å². The Labute approximate surface area is 220 Å². The standard InChI is InChI=1S/C27H32FN5O5/c1-36-19-26(35)32(12-11-31-13-15-38-16-14-31)18-25(34)30-27-29-24(20-3-9-23(37-2)10-4-20)17-33(27)22-7-5-21(28)6-8-22/h3-10,17H,11-16,18-19H2,1-2H3,(H,29,30,34). The third-order valence-corrected chi connectivity index (χ3v) is 6.19. The summed E-state index contributed by atoms with van der Waals surface area (Å²) in [5.41, 5.74) is 2.03. The van der Waals surface area contributed by atoms with E-state index in [1.54, 1.807) is 30.0 Å². The van der Waals surface area contributed by atoms with Crippen molar-refractivity contribution in [1.29, 1.82) is 0 Å². The molecule has 0 spiro atoms. The number of nitrogens with one attached hydrogen (secondary N) is 1. The fourth-order valence-electron chi connectivity index (χ4n) is 4.10. The van der Waals surface area contributed by atoms with Crippen LogP contribution in [0.5, 0.6) is 5.75 Å². The molecule has 0 atom stereocenters. The van der Waals surface area contributed by atoms with Crippen LogP contribution < -0.4 is 10.1 Å². The van der Waals surface area contributed by atoms with E-state index < -0.39 is 5.91 Å². The van der Waals surface area contributed by atoms with Gasteiger partial charge in [-0.15, -0.1) is 0 Å². The topological polar surface area (TPSA) is 98.2 Å². The molecule has 0 aliphatic carbocycles. The zero-order valence-electron chi connectivity index (χ0n) is 21.6. The van der Waals surface area contributed by atoms with E-state index in [2.05, 4.69) is 15.2 Å². The van der Waals surface area contributed by atoms with Crippen molar-refractivity contribution in [2.45, 2.75) is 0 Å². The molecule has 38 heavy (non-hydrogen) atoms. The smallest absolute Gasteiger partial charge is 0.249 e. The summed E-state index contributed by atoms with van der Waals surface area (Å²) in [6.07, 6.45) is 1.76. The molecule has 4 rings (SSSR count). The number of amides is 2. The van der Waals surface area contributed by atoms with Crippen LogP contribution in [0.3, 0.4) is 0 Å². The van der Waals surface area contributed by atoms with E-state index in [0.717, 1.165) is 18.7 Å². The van der Waals surface area contributed by atoms with Crippen LogP contribution in [0.25, 0.3) is 16.9 Å². The molecule has 0 unspecified atom stereocenters. The predicted molar refractivity (Wildman–Crippen MR) is 140 cm³/mol. The summed E-state index contributed by atoms with van der Waals surface area (Å²) < 4.78 is 30.9. The lowest BCUT2D eigenvalue weighted by Gasteiger charge is -2.29. The maximum atomic E-state index is 13.6. The summed E-state index contributed by atoms with van der Waals surface area (Å²) in [4.78, 5) is 34.1. The Balaban J connectivity index is 1.53. The maximum absolute atomic E-state index is 13.6. The first-order valence-electron chi connectivity index (χ1n) is 12.3. The number of aromatic nitrogens is 2. The lowest BCUT2D eigenvalue weighted by molar-refractivity contribution is -0.138. The third-order valence-electron chi connectivity index (χ3n) is 6.19. The van der Waals surface area contributed by atoms with Crippen LogP contribution in [0.15, 0.2) is 54.7 Å². The molecule has 0 radical (unpaired) electrons. The monoisotopic (exact) mass is 525 g/mol. The van der Waals surface area contributed by atoms with Gasteiger partial charge in [0.25, 0.3) is 0 Å². The number of rotatable bonds is 11. The molecule has 202 valence electrons. The van der Waals surface area contributed by atoms with Gasteiger partial charge in [0.15, 0.2) is 0 Å². The number of halogens is 1. The van der Waals surface area contributed by atoms with Gasteiger partial charge in [-0.05, 0) is 48.5 Å². The first kappa shape index (κ1) is 27.2. The number of morpholine rings is 1. The van der Waals surface area contributed by atoms with Crippen molar-refractivity contribution in [2.75, 3.05) is 72.1 Å². The highest BCUT2D eigenvalue weighted by Gasteiger charge is 2.21. The van der Waals surface area contributed by atoms with Gasteiger partial charge in [0, 0.05) is 50.7 Å². The highest BCUT2D eigenvalue weighted by molar-refractivity contribution is 5.94. The molecule has 1 aromatic heterocycles. The summed E-state index contributed by atoms with van der Waals surface area (Å²) in [6, 6.07) is 13.2.